The van der Waals surface area contributed by atoms with Crippen LogP contribution in [0.4, 0.5) is 0 Å². The van der Waals surface area contributed by atoms with Crippen molar-refractivity contribution in [3.63, 3.8) is 0 Å². The molecule has 0 spiro atoms. The van der Waals surface area contributed by atoms with Gasteiger partial charge in [0.25, 0.3) is 0 Å². The number of aryl methyl sites for hydroxylation is 1. The molecule has 1 atom stereocenters. The van der Waals surface area contributed by atoms with E-state index in [2.05, 4.69) is 22.6 Å². The van der Waals surface area contributed by atoms with Crippen molar-refractivity contribution in [1.29, 1.82) is 0 Å². The quantitative estimate of drug-likeness (QED) is 0.841. The van der Waals surface area contributed by atoms with Crippen LogP contribution in [0.1, 0.15) is 24.2 Å². The second-order valence-electron chi connectivity index (χ2n) is 4.77. The van der Waals surface area contributed by atoms with Crippen LogP contribution in [0.5, 0.6) is 11.5 Å². The van der Waals surface area contributed by atoms with Crippen LogP contribution in [0.2, 0.25) is 0 Å². The zero-order valence-electron chi connectivity index (χ0n) is 13.0. The molecule has 0 saturated heterocycles. The van der Waals surface area contributed by atoms with Crippen molar-refractivity contribution in [3.8, 4) is 11.5 Å². The van der Waals surface area contributed by atoms with Crippen LogP contribution in [0.15, 0.2) is 24.4 Å². The summed E-state index contributed by atoms with van der Waals surface area (Å²) in [6.07, 6.45) is 2.64. The van der Waals surface area contributed by atoms with Gasteiger partial charge < -0.3 is 14.8 Å². The highest BCUT2D eigenvalue weighted by Crippen LogP contribution is 2.35. The second-order valence-corrected chi connectivity index (χ2v) is 4.77. The molecule has 1 aromatic carbocycles. The van der Waals surface area contributed by atoms with Crippen molar-refractivity contribution in [2.45, 2.75) is 19.4 Å². The van der Waals surface area contributed by atoms with E-state index >= 15 is 0 Å². The Labute approximate surface area is 125 Å². The van der Waals surface area contributed by atoms with Crippen molar-refractivity contribution in [1.82, 2.24) is 20.3 Å². The van der Waals surface area contributed by atoms with Gasteiger partial charge in [0.15, 0.2) is 0 Å². The van der Waals surface area contributed by atoms with E-state index in [1.54, 1.807) is 18.9 Å². The minimum Gasteiger partial charge on any atom is -0.496 e. The maximum atomic E-state index is 5.50. The van der Waals surface area contributed by atoms with Gasteiger partial charge in [0.05, 0.1) is 25.5 Å². The molecule has 0 aliphatic heterocycles. The van der Waals surface area contributed by atoms with Gasteiger partial charge in [-0.05, 0) is 18.7 Å². The Kier molecular flexibility index (Phi) is 5.16. The van der Waals surface area contributed by atoms with Gasteiger partial charge in [0, 0.05) is 25.7 Å². The predicted molar refractivity (Wildman–Crippen MR) is 80.7 cm³/mol. The van der Waals surface area contributed by atoms with Gasteiger partial charge in [0.1, 0.15) is 11.5 Å². The zero-order valence-corrected chi connectivity index (χ0v) is 13.0. The number of nitrogens with zero attached hydrogens (tertiary/aromatic N) is 3. The third-order valence-corrected chi connectivity index (χ3v) is 3.33. The molecule has 1 N–H and O–H groups in total. The van der Waals surface area contributed by atoms with E-state index in [4.69, 9.17) is 9.47 Å². The zero-order chi connectivity index (χ0) is 15.2. The monoisotopic (exact) mass is 290 g/mol. The fourth-order valence-electron chi connectivity index (χ4n) is 2.44. The van der Waals surface area contributed by atoms with E-state index in [9.17, 15) is 0 Å². The third-order valence-electron chi connectivity index (χ3n) is 3.33. The first-order chi connectivity index (χ1) is 10.2. The Morgan fingerprint density at radius 1 is 1.24 bits per heavy atom. The Hall–Kier alpha value is -2.08. The van der Waals surface area contributed by atoms with E-state index < -0.39 is 0 Å². The molecule has 1 heterocycles. The number of rotatable bonds is 7. The maximum absolute atomic E-state index is 5.50. The van der Waals surface area contributed by atoms with Crippen LogP contribution in [-0.2, 0) is 13.5 Å². The number of nitrogens with one attached hydrogen (secondary N) is 1. The number of likely N-dealkylation sites (N-methyl/N-ethyl adjacent to an activating group) is 1. The molecule has 0 radical (unpaired) electrons. The van der Waals surface area contributed by atoms with E-state index in [0.717, 1.165) is 35.7 Å². The number of ether oxygens (including phenoxy) is 2. The molecule has 2 aromatic rings. The molecule has 0 bridgehead atoms. The second kappa shape index (κ2) is 7.08. The van der Waals surface area contributed by atoms with Crippen LogP contribution in [0.25, 0.3) is 0 Å². The summed E-state index contributed by atoms with van der Waals surface area (Å²) in [4.78, 5) is 0. The van der Waals surface area contributed by atoms with Crippen LogP contribution in [-0.4, -0.2) is 35.8 Å². The highest BCUT2D eigenvalue weighted by atomic mass is 16.5. The lowest BCUT2D eigenvalue weighted by atomic mass is 9.99. The summed E-state index contributed by atoms with van der Waals surface area (Å²) in [7, 11) is 5.20. The number of benzene rings is 1. The average Bonchev–Trinajstić information content (AvgIpc) is 2.91. The summed E-state index contributed by atoms with van der Waals surface area (Å²) in [5, 5.41) is 11.6. The number of hydrogen-bond donors (Lipinski definition) is 1. The molecule has 0 amide bonds. The van der Waals surface area contributed by atoms with Gasteiger partial charge in [-0.3, -0.25) is 4.68 Å². The lowest BCUT2D eigenvalue weighted by Gasteiger charge is -2.22. The highest BCUT2D eigenvalue weighted by molar-refractivity contribution is 5.47. The smallest absolute Gasteiger partial charge is 0.127 e. The van der Waals surface area contributed by atoms with Crippen molar-refractivity contribution in [2.75, 3.05) is 20.8 Å². The molecular formula is C15H22N4O2. The molecule has 1 aromatic heterocycles. The minimum atomic E-state index is 0.0535. The van der Waals surface area contributed by atoms with Crippen molar-refractivity contribution in [3.05, 3.63) is 35.7 Å². The van der Waals surface area contributed by atoms with Gasteiger partial charge in [0.2, 0.25) is 0 Å². The molecule has 0 saturated carbocycles. The number of methoxy groups -OCH3 is 2. The molecule has 21 heavy (non-hydrogen) atoms. The highest BCUT2D eigenvalue weighted by Gasteiger charge is 2.21. The molecule has 6 heteroatoms. The van der Waals surface area contributed by atoms with Gasteiger partial charge in [-0.15, -0.1) is 5.10 Å². The Bertz CT molecular complexity index is 561. The van der Waals surface area contributed by atoms with Crippen molar-refractivity contribution >= 4 is 0 Å². The third kappa shape index (κ3) is 3.52. The van der Waals surface area contributed by atoms with Gasteiger partial charge in [-0.1, -0.05) is 18.2 Å². The first kappa shape index (κ1) is 15.3. The van der Waals surface area contributed by atoms with Gasteiger partial charge >= 0.3 is 0 Å². The van der Waals surface area contributed by atoms with Crippen molar-refractivity contribution in [2.24, 2.45) is 7.05 Å². The molecule has 0 aliphatic rings. The topological polar surface area (TPSA) is 61.2 Å². The van der Waals surface area contributed by atoms with Gasteiger partial charge in [-0.2, -0.15) is 0 Å². The predicted octanol–water partition coefficient (Wildman–Crippen LogP) is 1.73. The maximum Gasteiger partial charge on any atom is 0.127 e. The Morgan fingerprint density at radius 2 is 1.90 bits per heavy atom. The fraction of sp³-hybridized carbons (Fsp3) is 0.467. The van der Waals surface area contributed by atoms with E-state index in [-0.39, 0.29) is 6.04 Å². The molecule has 1 unspecified atom stereocenters. The number of aromatic nitrogens is 3. The lowest BCUT2D eigenvalue weighted by molar-refractivity contribution is 0.370. The summed E-state index contributed by atoms with van der Waals surface area (Å²) in [6, 6.07) is 5.86. The first-order valence-corrected chi connectivity index (χ1v) is 6.99. The molecule has 114 valence electrons. The summed E-state index contributed by atoms with van der Waals surface area (Å²) in [5.41, 5.74) is 1.94. The van der Waals surface area contributed by atoms with Crippen LogP contribution in [0.3, 0.4) is 0 Å². The lowest BCUT2D eigenvalue weighted by Crippen LogP contribution is -2.24. The summed E-state index contributed by atoms with van der Waals surface area (Å²) < 4.78 is 12.7. The molecule has 6 nitrogen and oxygen atoms in total. The van der Waals surface area contributed by atoms with Crippen molar-refractivity contribution < 1.29 is 9.47 Å². The summed E-state index contributed by atoms with van der Waals surface area (Å²) in [5.74, 6) is 1.62. The van der Waals surface area contributed by atoms with Gasteiger partial charge in [-0.25, -0.2) is 0 Å². The SMILES string of the molecule is CCNC(Cc1cn(C)nn1)c1c(OC)cccc1OC. The standard InChI is InChI=1S/C15H22N4O2/c1-5-16-12(9-11-10-19(2)18-17-11)15-13(20-3)7-6-8-14(15)21-4/h6-8,10,12,16H,5,9H2,1-4H3. The first-order valence-electron chi connectivity index (χ1n) is 6.99. The van der Waals surface area contributed by atoms with Crippen LogP contribution in [0, 0.1) is 0 Å². The largest absolute Gasteiger partial charge is 0.496 e. The van der Waals surface area contributed by atoms with Crippen LogP contribution >= 0.6 is 0 Å². The Balaban J connectivity index is 2.37. The normalized spacial score (nSPS) is 12.2. The van der Waals surface area contributed by atoms with E-state index in [1.807, 2.05) is 31.4 Å². The van der Waals surface area contributed by atoms with E-state index in [0.29, 0.717) is 0 Å². The number of hydrogen-bond acceptors (Lipinski definition) is 5. The molecular weight excluding hydrogens is 268 g/mol. The summed E-state index contributed by atoms with van der Waals surface area (Å²) in [6.45, 7) is 2.91. The molecule has 2 rings (SSSR count). The van der Waals surface area contributed by atoms with E-state index in [1.165, 1.54) is 0 Å². The molecule has 0 aliphatic carbocycles. The summed E-state index contributed by atoms with van der Waals surface area (Å²) >= 11 is 0. The minimum absolute atomic E-state index is 0.0535. The fourth-order valence-corrected chi connectivity index (χ4v) is 2.44. The Morgan fingerprint density at radius 3 is 2.38 bits per heavy atom. The van der Waals surface area contributed by atoms with Crippen LogP contribution < -0.4 is 14.8 Å². The molecule has 0 fully saturated rings. The average molecular weight is 290 g/mol.